The minimum absolute atomic E-state index is 0.157. The zero-order valence-electron chi connectivity index (χ0n) is 13.3. The Hall–Kier alpha value is -1.05. The molecule has 0 unspecified atom stereocenters. The van der Waals surface area contributed by atoms with Gasteiger partial charge in [-0.15, -0.1) is 0 Å². The summed E-state index contributed by atoms with van der Waals surface area (Å²) in [5, 5.41) is 8.66. The van der Waals surface area contributed by atoms with Gasteiger partial charge in [0.2, 0.25) is 9.70 Å². The van der Waals surface area contributed by atoms with E-state index in [0.29, 0.717) is 0 Å². The molecule has 2 aromatic carbocycles. The molecule has 9 heteroatoms. The standard InChI is InChI=1S/C17H15BrCl3N3OS/c18-12-8-4-5-9-13(12)22-16(26)24-15(17(19,20)21)23-14(25)10-11-6-2-1-3-7-11/h1-9,15H,10H2,(H,23,25)(H2,22,24,26)/t15-/m0/s1. The zero-order chi connectivity index (χ0) is 19.2. The minimum atomic E-state index is -1.80. The van der Waals surface area contributed by atoms with Crippen LogP contribution in [0.2, 0.25) is 0 Å². The highest BCUT2D eigenvalue weighted by Crippen LogP contribution is 2.29. The summed E-state index contributed by atoms with van der Waals surface area (Å²) in [6, 6.07) is 16.7. The van der Waals surface area contributed by atoms with E-state index in [0.717, 1.165) is 15.7 Å². The molecular weight excluding hydrogens is 481 g/mol. The van der Waals surface area contributed by atoms with Gasteiger partial charge in [0.25, 0.3) is 0 Å². The molecule has 26 heavy (non-hydrogen) atoms. The van der Waals surface area contributed by atoms with Crippen molar-refractivity contribution in [1.29, 1.82) is 0 Å². The van der Waals surface area contributed by atoms with Gasteiger partial charge in [0, 0.05) is 4.47 Å². The Bertz CT molecular complexity index is 771. The van der Waals surface area contributed by atoms with Crippen molar-refractivity contribution in [3.8, 4) is 0 Å². The average Bonchev–Trinajstić information content (AvgIpc) is 2.56. The molecule has 1 atom stereocenters. The lowest BCUT2D eigenvalue weighted by atomic mass is 10.1. The first kappa shape index (κ1) is 21.3. The molecule has 2 rings (SSSR count). The number of para-hydroxylation sites is 1. The number of carbonyl (C=O) groups is 1. The highest BCUT2D eigenvalue weighted by molar-refractivity contribution is 9.10. The van der Waals surface area contributed by atoms with Gasteiger partial charge >= 0.3 is 0 Å². The number of hydrogen-bond donors (Lipinski definition) is 3. The third-order valence-electron chi connectivity index (χ3n) is 3.24. The normalized spacial score (nSPS) is 12.2. The van der Waals surface area contributed by atoms with Crippen LogP contribution in [0, 0.1) is 0 Å². The molecule has 138 valence electrons. The Balaban J connectivity index is 2.00. The fraction of sp³-hybridized carbons (Fsp3) is 0.176. The predicted octanol–water partition coefficient (Wildman–Crippen LogP) is 4.79. The van der Waals surface area contributed by atoms with Crippen LogP contribution < -0.4 is 16.0 Å². The van der Waals surface area contributed by atoms with E-state index in [2.05, 4.69) is 31.9 Å². The van der Waals surface area contributed by atoms with Gasteiger partial charge in [0.15, 0.2) is 5.11 Å². The number of alkyl halides is 3. The zero-order valence-corrected chi connectivity index (χ0v) is 18.0. The number of anilines is 1. The van der Waals surface area contributed by atoms with E-state index in [1.165, 1.54) is 0 Å². The first-order valence-corrected chi connectivity index (χ1v) is 9.81. The van der Waals surface area contributed by atoms with Crippen LogP contribution in [0.1, 0.15) is 5.56 Å². The molecule has 0 saturated carbocycles. The molecule has 4 nitrogen and oxygen atoms in total. The van der Waals surface area contributed by atoms with Gasteiger partial charge in [0.1, 0.15) is 6.17 Å². The fourth-order valence-corrected chi connectivity index (χ4v) is 2.98. The van der Waals surface area contributed by atoms with Crippen molar-refractivity contribution in [3.63, 3.8) is 0 Å². The average molecular weight is 496 g/mol. The second-order valence-electron chi connectivity index (χ2n) is 5.28. The molecule has 0 aromatic heterocycles. The first-order valence-electron chi connectivity index (χ1n) is 7.48. The lowest BCUT2D eigenvalue weighted by molar-refractivity contribution is -0.121. The number of halogens is 4. The lowest BCUT2D eigenvalue weighted by Crippen LogP contribution is -2.56. The van der Waals surface area contributed by atoms with Crippen LogP contribution in [0.25, 0.3) is 0 Å². The van der Waals surface area contributed by atoms with Crippen molar-refractivity contribution < 1.29 is 4.79 Å². The molecule has 0 aliphatic rings. The number of benzene rings is 2. The Kier molecular flexibility index (Phi) is 7.98. The molecule has 0 heterocycles. The summed E-state index contributed by atoms with van der Waals surface area (Å²) in [5.41, 5.74) is 1.59. The third-order valence-corrected chi connectivity index (χ3v) is 4.80. The maximum absolute atomic E-state index is 12.3. The molecular formula is C17H15BrCl3N3OS. The predicted molar refractivity (Wildman–Crippen MR) is 116 cm³/mol. The van der Waals surface area contributed by atoms with E-state index in [9.17, 15) is 4.79 Å². The highest BCUT2D eigenvalue weighted by Gasteiger charge is 2.34. The van der Waals surface area contributed by atoms with Crippen molar-refractivity contribution >= 4 is 79.7 Å². The Morgan fingerprint density at radius 1 is 1.04 bits per heavy atom. The molecule has 0 fully saturated rings. The number of hydrogen-bond acceptors (Lipinski definition) is 2. The second-order valence-corrected chi connectivity index (χ2v) is 8.91. The monoisotopic (exact) mass is 493 g/mol. The van der Waals surface area contributed by atoms with Gasteiger partial charge in [-0.2, -0.15) is 0 Å². The maximum Gasteiger partial charge on any atom is 0.228 e. The van der Waals surface area contributed by atoms with E-state index in [1.54, 1.807) is 0 Å². The van der Waals surface area contributed by atoms with E-state index in [1.807, 2.05) is 54.6 Å². The molecule has 0 spiro atoms. The Morgan fingerprint density at radius 2 is 1.65 bits per heavy atom. The van der Waals surface area contributed by atoms with Crippen LogP contribution in [-0.2, 0) is 11.2 Å². The maximum atomic E-state index is 12.3. The topological polar surface area (TPSA) is 53.2 Å². The number of thiocarbonyl (C=S) groups is 1. The summed E-state index contributed by atoms with van der Waals surface area (Å²) < 4.78 is -0.978. The second kappa shape index (κ2) is 9.76. The number of carbonyl (C=O) groups excluding carboxylic acids is 1. The van der Waals surface area contributed by atoms with Crippen LogP contribution in [0.3, 0.4) is 0 Å². The highest BCUT2D eigenvalue weighted by atomic mass is 79.9. The van der Waals surface area contributed by atoms with E-state index in [-0.39, 0.29) is 17.4 Å². The number of rotatable bonds is 5. The molecule has 0 radical (unpaired) electrons. The SMILES string of the molecule is O=C(Cc1ccccc1)N[C@@H](NC(=S)Nc1ccccc1Br)C(Cl)(Cl)Cl. The molecule has 1 amide bonds. The van der Waals surface area contributed by atoms with Crippen LogP contribution in [0.15, 0.2) is 59.1 Å². The van der Waals surface area contributed by atoms with Gasteiger partial charge in [0.05, 0.1) is 12.1 Å². The van der Waals surface area contributed by atoms with Crippen LogP contribution in [0.4, 0.5) is 5.69 Å². The Morgan fingerprint density at radius 3 is 2.27 bits per heavy atom. The van der Waals surface area contributed by atoms with Gasteiger partial charge < -0.3 is 16.0 Å². The van der Waals surface area contributed by atoms with Crippen molar-refractivity contribution in [2.24, 2.45) is 0 Å². The lowest BCUT2D eigenvalue weighted by Gasteiger charge is -2.28. The smallest absolute Gasteiger partial charge is 0.228 e. The Labute approximate surface area is 180 Å². The summed E-state index contributed by atoms with van der Waals surface area (Å²) >= 11 is 26.6. The van der Waals surface area contributed by atoms with Crippen LogP contribution >= 0.6 is 63.0 Å². The number of nitrogens with one attached hydrogen (secondary N) is 3. The van der Waals surface area contributed by atoms with Gasteiger partial charge in [-0.1, -0.05) is 77.3 Å². The summed E-state index contributed by atoms with van der Waals surface area (Å²) in [7, 11) is 0. The summed E-state index contributed by atoms with van der Waals surface area (Å²) in [6.45, 7) is 0. The molecule has 2 aromatic rings. The van der Waals surface area contributed by atoms with Crippen molar-refractivity contribution in [1.82, 2.24) is 10.6 Å². The fourth-order valence-electron chi connectivity index (χ4n) is 2.05. The van der Waals surface area contributed by atoms with Gasteiger partial charge in [-0.05, 0) is 45.8 Å². The molecule has 0 bridgehead atoms. The molecule has 0 saturated heterocycles. The molecule has 0 aliphatic carbocycles. The summed E-state index contributed by atoms with van der Waals surface area (Å²) in [4.78, 5) is 12.3. The minimum Gasteiger partial charge on any atom is -0.339 e. The van der Waals surface area contributed by atoms with Crippen LogP contribution in [0.5, 0.6) is 0 Å². The van der Waals surface area contributed by atoms with Crippen molar-refractivity contribution in [3.05, 3.63) is 64.6 Å². The first-order chi connectivity index (χ1) is 12.3. The summed E-state index contributed by atoms with van der Waals surface area (Å²) in [5.74, 6) is -0.302. The van der Waals surface area contributed by atoms with Gasteiger partial charge in [-0.25, -0.2) is 0 Å². The molecule has 3 N–H and O–H groups in total. The van der Waals surface area contributed by atoms with Crippen molar-refractivity contribution in [2.45, 2.75) is 16.4 Å². The van der Waals surface area contributed by atoms with E-state index in [4.69, 9.17) is 47.0 Å². The largest absolute Gasteiger partial charge is 0.339 e. The number of amides is 1. The third kappa shape index (κ3) is 6.93. The van der Waals surface area contributed by atoms with Gasteiger partial charge in [-0.3, -0.25) is 4.79 Å². The summed E-state index contributed by atoms with van der Waals surface area (Å²) in [6.07, 6.45) is -0.851. The van der Waals surface area contributed by atoms with E-state index >= 15 is 0 Å². The van der Waals surface area contributed by atoms with Crippen LogP contribution in [-0.4, -0.2) is 21.0 Å². The van der Waals surface area contributed by atoms with Crippen molar-refractivity contribution in [2.75, 3.05) is 5.32 Å². The van der Waals surface area contributed by atoms with E-state index < -0.39 is 9.96 Å². The molecule has 0 aliphatic heterocycles. The quantitative estimate of drug-likeness (QED) is 0.317.